The first-order valence-corrected chi connectivity index (χ1v) is 4.46. The third kappa shape index (κ3) is 1.84. The summed E-state index contributed by atoms with van der Waals surface area (Å²) in [6.45, 7) is 0. The number of aromatic hydroxyl groups is 1. The number of hydrogen-bond donors (Lipinski definition) is 2. The number of anilines is 1. The molecule has 1 fully saturated rings. The van der Waals surface area contributed by atoms with Crippen LogP contribution in [0.4, 0.5) is 10.1 Å². The van der Waals surface area contributed by atoms with Crippen molar-refractivity contribution in [3.63, 3.8) is 0 Å². The molecule has 3 nitrogen and oxygen atoms in total. The van der Waals surface area contributed by atoms with Gasteiger partial charge in [0.25, 0.3) is 0 Å². The highest BCUT2D eigenvalue weighted by Gasteiger charge is 2.29. The first kappa shape index (κ1) is 8.99. The Kier molecular flexibility index (Phi) is 2.11. The summed E-state index contributed by atoms with van der Waals surface area (Å²) in [5.74, 6) is -1.12. The van der Waals surface area contributed by atoms with Crippen LogP contribution in [0.5, 0.6) is 5.75 Å². The Morgan fingerprint density at radius 1 is 1.50 bits per heavy atom. The van der Waals surface area contributed by atoms with Crippen LogP contribution in [0, 0.1) is 11.7 Å². The van der Waals surface area contributed by atoms with Crippen molar-refractivity contribution >= 4 is 11.6 Å². The molecule has 4 heteroatoms. The van der Waals surface area contributed by atoms with E-state index in [2.05, 4.69) is 5.32 Å². The van der Waals surface area contributed by atoms with Crippen LogP contribution < -0.4 is 5.32 Å². The van der Waals surface area contributed by atoms with Gasteiger partial charge in [0, 0.05) is 17.7 Å². The van der Waals surface area contributed by atoms with Gasteiger partial charge < -0.3 is 10.4 Å². The van der Waals surface area contributed by atoms with E-state index in [1.54, 1.807) is 0 Å². The lowest BCUT2D eigenvalue weighted by molar-refractivity contribution is -0.117. The normalized spacial score (nSPS) is 15.2. The van der Waals surface area contributed by atoms with Gasteiger partial charge in [0.05, 0.1) is 0 Å². The maximum atomic E-state index is 12.8. The van der Waals surface area contributed by atoms with Gasteiger partial charge in [0.1, 0.15) is 0 Å². The molecule has 2 rings (SSSR count). The number of rotatable bonds is 2. The molecule has 1 aromatic carbocycles. The van der Waals surface area contributed by atoms with Gasteiger partial charge in [-0.05, 0) is 25.0 Å². The van der Waals surface area contributed by atoms with Gasteiger partial charge in [-0.15, -0.1) is 0 Å². The number of carbonyl (C=O) groups excluding carboxylic acids is 1. The molecule has 0 spiro atoms. The van der Waals surface area contributed by atoms with Crippen LogP contribution in [0.3, 0.4) is 0 Å². The SMILES string of the molecule is O=C(Nc1ccc(O)c(F)c1)C1CC1. The minimum absolute atomic E-state index is 0.0740. The van der Waals surface area contributed by atoms with Crippen LogP contribution >= 0.6 is 0 Å². The van der Waals surface area contributed by atoms with Crippen molar-refractivity contribution in [3.8, 4) is 5.75 Å². The van der Waals surface area contributed by atoms with E-state index in [0.717, 1.165) is 18.9 Å². The summed E-state index contributed by atoms with van der Waals surface area (Å²) in [6, 6.07) is 3.80. The Morgan fingerprint density at radius 3 is 2.79 bits per heavy atom. The number of nitrogens with one attached hydrogen (secondary N) is 1. The minimum atomic E-state index is -0.724. The van der Waals surface area contributed by atoms with Gasteiger partial charge in [-0.1, -0.05) is 0 Å². The van der Waals surface area contributed by atoms with Crippen molar-refractivity contribution < 1.29 is 14.3 Å². The Bertz CT molecular complexity index is 374. The summed E-state index contributed by atoms with van der Waals surface area (Å²) in [4.78, 5) is 11.3. The fourth-order valence-corrected chi connectivity index (χ4v) is 1.17. The predicted molar refractivity (Wildman–Crippen MR) is 49.4 cm³/mol. The third-order valence-electron chi connectivity index (χ3n) is 2.16. The van der Waals surface area contributed by atoms with Gasteiger partial charge >= 0.3 is 0 Å². The second-order valence-corrected chi connectivity index (χ2v) is 3.43. The van der Waals surface area contributed by atoms with Crippen LogP contribution in [-0.2, 0) is 4.79 Å². The molecule has 0 saturated heterocycles. The lowest BCUT2D eigenvalue weighted by atomic mass is 10.2. The quantitative estimate of drug-likeness (QED) is 0.708. The number of halogens is 1. The molecule has 1 aliphatic carbocycles. The van der Waals surface area contributed by atoms with E-state index in [9.17, 15) is 9.18 Å². The van der Waals surface area contributed by atoms with E-state index in [1.165, 1.54) is 12.1 Å². The van der Waals surface area contributed by atoms with Crippen LogP contribution in [0.25, 0.3) is 0 Å². The van der Waals surface area contributed by atoms with Crippen molar-refractivity contribution in [2.45, 2.75) is 12.8 Å². The highest BCUT2D eigenvalue weighted by molar-refractivity contribution is 5.94. The van der Waals surface area contributed by atoms with Crippen LogP contribution in [-0.4, -0.2) is 11.0 Å². The van der Waals surface area contributed by atoms with Gasteiger partial charge in [0.2, 0.25) is 5.91 Å². The minimum Gasteiger partial charge on any atom is -0.505 e. The summed E-state index contributed by atoms with van der Waals surface area (Å²) in [6.07, 6.45) is 1.82. The number of carbonyl (C=O) groups is 1. The Labute approximate surface area is 80.6 Å². The van der Waals surface area contributed by atoms with Crippen molar-refractivity contribution in [3.05, 3.63) is 24.0 Å². The second kappa shape index (κ2) is 3.29. The zero-order valence-electron chi connectivity index (χ0n) is 7.46. The maximum Gasteiger partial charge on any atom is 0.227 e. The first-order chi connectivity index (χ1) is 6.66. The van der Waals surface area contributed by atoms with Gasteiger partial charge in [-0.2, -0.15) is 0 Å². The smallest absolute Gasteiger partial charge is 0.227 e. The largest absolute Gasteiger partial charge is 0.505 e. The second-order valence-electron chi connectivity index (χ2n) is 3.43. The highest BCUT2D eigenvalue weighted by atomic mass is 19.1. The number of benzene rings is 1. The maximum absolute atomic E-state index is 12.8. The van der Waals surface area contributed by atoms with Gasteiger partial charge in [-0.3, -0.25) is 4.79 Å². The summed E-state index contributed by atoms with van der Waals surface area (Å²) in [7, 11) is 0. The van der Waals surface area contributed by atoms with E-state index in [1.807, 2.05) is 0 Å². The van der Waals surface area contributed by atoms with E-state index in [4.69, 9.17) is 5.11 Å². The molecule has 0 aromatic heterocycles. The van der Waals surface area contributed by atoms with Crippen molar-refractivity contribution in [2.75, 3.05) is 5.32 Å². The van der Waals surface area contributed by atoms with E-state index in [0.29, 0.717) is 5.69 Å². The van der Waals surface area contributed by atoms with E-state index in [-0.39, 0.29) is 11.8 Å². The molecule has 1 saturated carbocycles. The van der Waals surface area contributed by atoms with E-state index >= 15 is 0 Å². The number of phenolic OH excluding ortho intramolecular Hbond substituents is 1. The highest BCUT2D eigenvalue weighted by Crippen LogP contribution is 2.30. The van der Waals surface area contributed by atoms with Crippen molar-refractivity contribution in [2.24, 2.45) is 5.92 Å². The average Bonchev–Trinajstić information content (AvgIpc) is 2.94. The van der Waals surface area contributed by atoms with E-state index < -0.39 is 11.6 Å². The molecule has 14 heavy (non-hydrogen) atoms. The summed E-state index contributed by atoms with van der Waals surface area (Å²) >= 11 is 0. The fraction of sp³-hybridized carbons (Fsp3) is 0.300. The van der Waals surface area contributed by atoms with Crippen molar-refractivity contribution in [1.82, 2.24) is 0 Å². The average molecular weight is 195 g/mol. The number of hydrogen-bond acceptors (Lipinski definition) is 2. The molecule has 0 aliphatic heterocycles. The molecule has 1 amide bonds. The molecule has 0 bridgehead atoms. The van der Waals surface area contributed by atoms with Crippen LogP contribution in [0.15, 0.2) is 18.2 Å². The molecule has 2 N–H and O–H groups in total. The summed E-state index contributed by atoms with van der Waals surface area (Å²) in [5.41, 5.74) is 0.386. The standard InChI is InChI=1S/C10H10FNO2/c11-8-5-7(3-4-9(8)13)12-10(14)6-1-2-6/h3-6,13H,1-2H2,(H,12,14). The predicted octanol–water partition coefficient (Wildman–Crippen LogP) is 1.88. The molecule has 0 atom stereocenters. The molecular weight excluding hydrogens is 185 g/mol. The van der Waals surface area contributed by atoms with Gasteiger partial charge in [-0.25, -0.2) is 4.39 Å². The molecule has 0 heterocycles. The Balaban J connectivity index is 2.08. The van der Waals surface area contributed by atoms with Crippen LogP contribution in [0.1, 0.15) is 12.8 Å². The lowest BCUT2D eigenvalue weighted by Gasteiger charge is -2.04. The molecule has 74 valence electrons. The molecule has 0 radical (unpaired) electrons. The molecule has 1 aliphatic rings. The first-order valence-electron chi connectivity index (χ1n) is 4.46. The molecule has 0 unspecified atom stereocenters. The number of amides is 1. The monoisotopic (exact) mass is 195 g/mol. The summed E-state index contributed by atoms with van der Waals surface area (Å²) < 4.78 is 12.8. The Hall–Kier alpha value is -1.58. The fourth-order valence-electron chi connectivity index (χ4n) is 1.17. The number of phenols is 1. The topological polar surface area (TPSA) is 49.3 Å². The molecular formula is C10H10FNO2. The zero-order chi connectivity index (χ0) is 10.1. The summed E-state index contributed by atoms with van der Waals surface area (Å²) in [5, 5.41) is 11.5. The zero-order valence-corrected chi connectivity index (χ0v) is 7.46. The lowest BCUT2D eigenvalue weighted by Crippen LogP contribution is -2.13. The van der Waals surface area contributed by atoms with Gasteiger partial charge in [0.15, 0.2) is 11.6 Å². The molecule has 1 aromatic rings. The Morgan fingerprint density at radius 2 is 2.21 bits per heavy atom. The van der Waals surface area contributed by atoms with Crippen molar-refractivity contribution in [1.29, 1.82) is 0 Å². The van der Waals surface area contributed by atoms with Crippen LogP contribution in [0.2, 0.25) is 0 Å². The third-order valence-corrected chi connectivity index (χ3v) is 2.16.